The summed E-state index contributed by atoms with van der Waals surface area (Å²) in [6, 6.07) is 6.58. The van der Waals surface area contributed by atoms with Crippen molar-refractivity contribution >= 4 is 23.4 Å². The van der Waals surface area contributed by atoms with Crippen molar-refractivity contribution in [3.8, 4) is 5.75 Å². The second-order valence-electron chi connectivity index (χ2n) is 6.49. The third-order valence-electron chi connectivity index (χ3n) is 3.12. The summed E-state index contributed by atoms with van der Waals surface area (Å²) in [6.45, 7) is 5.22. The average molecular weight is 361 g/mol. The van der Waals surface area contributed by atoms with Gasteiger partial charge in [-0.25, -0.2) is 9.59 Å². The molecule has 0 saturated heterocycles. The first-order valence-corrected chi connectivity index (χ1v) is 7.68. The lowest BCUT2D eigenvalue weighted by atomic mass is 10.2. The van der Waals surface area contributed by atoms with Gasteiger partial charge in [0.05, 0.1) is 10.6 Å². The van der Waals surface area contributed by atoms with E-state index in [1.54, 1.807) is 27.8 Å². The number of nitrogens with one attached hydrogen (secondary N) is 1. The molecular formula is C17H19N3O6. The molecule has 0 spiro atoms. The van der Waals surface area contributed by atoms with Crippen LogP contribution in [0.25, 0.3) is 0 Å². The van der Waals surface area contributed by atoms with Crippen LogP contribution >= 0.6 is 0 Å². The van der Waals surface area contributed by atoms with E-state index in [4.69, 9.17) is 9.47 Å². The van der Waals surface area contributed by atoms with Crippen molar-refractivity contribution in [1.82, 2.24) is 4.57 Å². The third kappa shape index (κ3) is 5.07. The normalized spacial score (nSPS) is 10.9. The van der Waals surface area contributed by atoms with Crippen LogP contribution < -0.4 is 10.1 Å². The first-order valence-electron chi connectivity index (χ1n) is 7.68. The summed E-state index contributed by atoms with van der Waals surface area (Å²) in [5.74, 6) is -0.498. The number of nitrogens with zero attached hydrogens (tertiary/aromatic N) is 2. The minimum absolute atomic E-state index is 0.104. The monoisotopic (exact) mass is 361 g/mol. The molecule has 1 heterocycles. The molecule has 0 aliphatic carbocycles. The molecule has 0 radical (unpaired) electrons. The summed E-state index contributed by atoms with van der Waals surface area (Å²) in [5, 5.41) is 13.2. The molecule has 138 valence electrons. The largest absolute Gasteiger partial charge is 0.444 e. The summed E-state index contributed by atoms with van der Waals surface area (Å²) in [4.78, 5) is 34.1. The molecule has 0 aliphatic rings. The quantitative estimate of drug-likeness (QED) is 0.386. The highest BCUT2D eigenvalue weighted by atomic mass is 16.6. The number of ether oxygens (including phenoxy) is 2. The Morgan fingerprint density at radius 2 is 1.81 bits per heavy atom. The maximum absolute atomic E-state index is 12.3. The molecule has 2 aromatic rings. The van der Waals surface area contributed by atoms with Gasteiger partial charge in [0.2, 0.25) is 0 Å². The van der Waals surface area contributed by atoms with Crippen LogP contribution in [-0.4, -0.2) is 27.2 Å². The van der Waals surface area contributed by atoms with Crippen LogP contribution in [0.15, 0.2) is 36.5 Å². The zero-order valence-electron chi connectivity index (χ0n) is 14.8. The van der Waals surface area contributed by atoms with E-state index in [1.807, 2.05) is 0 Å². The van der Waals surface area contributed by atoms with Crippen molar-refractivity contribution < 1.29 is 24.0 Å². The maximum Gasteiger partial charge on any atom is 0.412 e. The highest BCUT2D eigenvalue weighted by Crippen LogP contribution is 2.20. The molecular weight excluding hydrogens is 342 g/mol. The standard InChI is InChI=1S/C17H19N3O6/c1-17(2,3)26-16(22)18-11-9-14(19(4)10-11)15(21)25-13-7-5-12(6-8-13)20(23)24/h5-10H,1-4H3,(H,18,22). The van der Waals surface area contributed by atoms with E-state index in [2.05, 4.69) is 5.32 Å². The van der Waals surface area contributed by atoms with Crippen molar-refractivity contribution in [3.05, 3.63) is 52.3 Å². The molecule has 0 fully saturated rings. The molecule has 9 nitrogen and oxygen atoms in total. The second kappa shape index (κ2) is 7.26. The van der Waals surface area contributed by atoms with Gasteiger partial charge in [-0.05, 0) is 39.0 Å². The van der Waals surface area contributed by atoms with Crippen LogP contribution in [0.2, 0.25) is 0 Å². The van der Waals surface area contributed by atoms with Gasteiger partial charge in [-0.3, -0.25) is 15.4 Å². The molecule has 1 amide bonds. The Morgan fingerprint density at radius 3 is 2.35 bits per heavy atom. The third-order valence-corrected chi connectivity index (χ3v) is 3.12. The van der Waals surface area contributed by atoms with Crippen LogP contribution in [0.3, 0.4) is 0 Å². The van der Waals surface area contributed by atoms with Crippen LogP contribution in [0.4, 0.5) is 16.2 Å². The Balaban J connectivity index is 2.06. The van der Waals surface area contributed by atoms with Crippen LogP contribution in [0.5, 0.6) is 5.75 Å². The number of aromatic nitrogens is 1. The molecule has 2 rings (SSSR count). The van der Waals surface area contributed by atoms with Crippen LogP contribution in [0, 0.1) is 10.1 Å². The van der Waals surface area contributed by atoms with Crippen LogP contribution in [0.1, 0.15) is 31.3 Å². The Hall–Kier alpha value is -3.36. The molecule has 9 heteroatoms. The minimum atomic E-state index is -0.668. The molecule has 0 saturated carbocycles. The molecule has 0 aliphatic heterocycles. The summed E-state index contributed by atoms with van der Waals surface area (Å²) in [6.07, 6.45) is 0.898. The van der Waals surface area contributed by atoms with Crippen molar-refractivity contribution in [2.75, 3.05) is 5.32 Å². The lowest BCUT2D eigenvalue weighted by Crippen LogP contribution is -2.27. The first kappa shape index (κ1) is 19.0. The van der Waals surface area contributed by atoms with Gasteiger partial charge in [-0.15, -0.1) is 0 Å². The number of carbonyl (C=O) groups excluding carboxylic acids is 2. The van der Waals surface area contributed by atoms with Gasteiger partial charge in [-0.1, -0.05) is 0 Å². The second-order valence-corrected chi connectivity index (χ2v) is 6.49. The fourth-order valence-electron chi connectivity index (χ4n) is 2.05. The number of non-ortho nitro benzene ring substituents is 1. The van der Waals surface area contributed by atoms with E-state index in [0.717, 1.165) is 0 Å². The predicted octanol–water partition coefficient (Wildman–Crippen LogP) is 3.50. The topological polar surface area (TPSA) is 113 Å². The highest BCUT2D eigenvalue weighted by molar-refractivity contribution is 5.93. The number of rotatable bonds is 4. The maximum atomic E-state index is 12.3. The molecule has 0 unspecified atom stereocenters. The molecule has 26 heavy (non-hydrogen) atoms. The summed E-state index contributed by atoms with van der Waals surface area (Å²) < 4.78 is 11.8. The number of carbonyl (C=O) groups is 2. The van der Waals surface area contributed by atoms with Crippen molar-refractivity contribution in [2.45, 2.75) is 26.4 Å². The molecule has 0 bridgehead atoms. The number of anilines is 1. The Labute approximate surface area is 149 Å². The van der Waals surface area contributed by atoms with E-state index < -0.39 is 22.6 Å². The van der Waals surface area contributed by atoms with E-state index in [1.165, 1.54) is 41.1 Å². The predicted molar refractivity (Wildman–Crippen MR) is 93.3 cm³/mol. The van der Waals surface area contributed by atoms with Crippen LogP contribution in [-0.2, 0) is 11.8 Å². The van der Waals surface area contributed by atoms with Gasteiger partial charge in [0.1, 0.15) is 17.0 Å². The minimum Gasteiger partial charge on any atom is -0.444 e. The Morgan fingerprint density at radius 1 is 1.19 bits per heavy atom. The number of esters is 1. The van der Waals surface area contributed by atoms with Crippen molar-refractivity contribution in [3.63, 3.8) is 0 Å². The van der Waals surface area contributed by atoms with E-state index in [0.29, 0.717) is 5.69 Å². The number of amides is 1. The van der Waals surface area contributed by atoms with Gasteiger partial charge in [0.25, 0.3) is 5.69 Å². The number of nitro groups is 1. The number of hydrogen-bond acceptors (Lipinski definition) is 6. The average Bonchev–Trinajstić information content (AvgIpc) is 2.86. The van der Waals surface area contributed by atoms with Gasteiger partial charge in [0.15, 0.2) is 0 Å². The van der Waals surface area contributed by atoms with Crippen molar-refractivity contribution in [2.24, 2.45) is 7.05 Å². The van der Waals surface area contributed by atoms with E-state index >= 15 is 0 Å². The molecule has 1 aromatic heterocycles. The molecule has 0 atom stereocenters. The zero-order valence-corrected chi connectivity index (χ0v) is 14.8. The van der Waals surface area contributed by atoms with Gasteiger partial charge in [-0.2, -0.15) is 0 Å². The smallest absolute Gasteiger partial charge is 0.412 e. The van der Waals surface area contributed by atoms with Gasteiger partial charge in [0, 0.05) is 25.4 Å². The summed E-state index contributed by atoms with van der Waals surface area (Å²) in [5.41, 5.74) is -0.185. The number of hydrogen-bond donors (Lipinski definition) is 1. The number of benzene rings is 1. The Bertz CT molecular complexity index is 833. The lowest BCUT2D eigenvalue weighted by molar-refractivity contribution is -0.384. The highest BCUT2D eigenvalue weighted by Gasteiger charge is 2.19. The van der Waals surface area contributed by atoms with Gasteiger partial charge >= 0.3 is 12.1 Å². The fraction of sp³-hybridized carbons (Fsp3) is 0.294. The van der Waals surface area contributed by atoms with E-state index in [9.17, 15) is 19.7 Å². The zero-order chi connectivity index (χ0) is 19.5. The Kier molecular flexibility index (Phi) is 5.30. The molecule has 1 aromatic carbocycles. The number of nitro benzene ring substituents is 1. The summed E-state index contributed by atoms with van der Waals surface area (Å²) >= 11 is 0. The van der Waals surface area contributed by atoms with Gasteiger partial charge < -0.3 is 14.0 Å². The number of aryl methyl sites for hydroxylation is 1. The molecule has 1 N–H and O–H groups in total. The first-order chi connectivity index (χ1) is 12.0. The fourth-order valence-corrected chi connectivity index (χ4v) is 2.05. The lowest BCUT2D eigenvalue weighted by Gasteiger charge is -2.19. The SMILES string of the molecule is Cn1cc(NC(=O)OC(C)(C)C)cc1C(=O)Oc1ccc([N+](=O)[O-])cc1. The summed E-state index contributed by atoms with van der Waals surface area (Å²) in [7, 11) is 1.62. The van der Waals surface area contributed by atoms with Crippen molar-refractivity contribution in [1.29, 1.82) is 0 Å². The van der Waals surface area contributed by atoms with E-state index in [-0.39, 0.29) is 17.1 Å².